The molecule has 0 aliphatic carbocycles. The Balaban J connectivity index is 5.23. The van der Waals surface area contributed by atoms with E-state index >= 15 is 0 Å². The molecule has 17 nitrogen and oxygen atoms in total. The molecule has 528 valence electrons. The van der Waals surface area contributed by atoms with Gasteiger partial charge in [0.2, 0.25) is 0 Å². The third-order valence-electron chi connectivity index (χ3n) is 16.6. The third-order valence-corrected chi connectivity index (χ3v) is 18.5. The van der Waals surface area contributed by atoms with Crippen LogP contribution in [0.4, 0.5) is 0 Å². The molecule has 3 N–H and O–H groups in total. The first-order valence-electron chi connectivity index (χ1n) is 36.5. The van der Waals surface area contributed by atoms with Gasteiger partial charge in [-0.25, -0.2) is 9.13 Å². The number of ether oxygens (including phenoxy) is 4. The van der Waals surface area contributed by atoms with E-state index in [0.29, 0.717) is 31.6 Å². The number of hydrogen-bond acceptors (Lipinski definition) is 15. The molecule has 0 radical (unpaired) electrons. The highest BCUT2D eigenvalue weighted by atomic mass is 31.2. The summed E-state index contributed by atoms with van der Waals surface area (Å²) in [5, 5.41) is 10.6. The molecule has 0 aromatic rings. The van der Waals surface area contributed by atoms with Gasteiger partial charge in [-0.15, -0.1) is 0 Å². The van der Waals surface area contributed by atoms with Crippen LogP contribution in [0.5, 0.6) is 0 Å². The van der Waals surface area contributed by atoms with E-state index in [0.717, 1.165) is 102 Å². The minimum Gasteiger partial charge on any atom is -0.462 e. The number of aliphatic hydroxyl groups is 1. The lowest BCUT2D eigenvalue weighted by molar-refractivity contribution is -0.161. The van der Waals surface area contributed by atoms with Gasteiger partial charge >= 0.3 is 39.5 Å². The fraction of sp³-hybridized carbons (Fsp3) is 0.943. The van der Waals surface area contributed by atoms with Crippen molar-refractivity contribution in [2.24, 2.45) is 11.8 Å². The Morgan fingerprint density at radius 1 is 0.326 bits per heavy atom. The zero-order valence-electron chi connectivity index (χ0n) is 57.7. The maximum absolute atomic E-state index is 13.0. The standard InChI is InChI=1S/C70H136O17P2/c1-7-10-12-14-16-18-20-22-24-26-28-30-32-40-46-52-67(72)80-58-65(86-69(74)54-48-42-33-31-29-27-25-23-21-19-17-15-13-11-8-2)60-84-88(76,77)82-56-64(71)57-83-89(78,79)85-61-66(59-81-68(73)53-47-41-36-34-38-44-50-62(4)5)87-70(75)55-49-43-37-35-39-45-51-63(6)9-3/h62-66,71H,7-61H2,1-6H3,(H,76,77)(H,78,79)/t63?,64-,65-,66-/m1/s1. The summed E-state index contributed by atoms with van der Waals surface area (Å²) < 4.78 is 68.2. The fourth-order valence-electron chi connectivity index (χ4n) is 10.6. The average molecular weight is 1310 g/mol. The first-order chi connectivity index (χ1) is 42.9. The molecule has 6 atom stereocenters. The highest BCUT2D eigenvalue weighted by Gasteiger charge is 2.30. The van der Waals surface area contributed by atoms with Crippen LogP contribution in [0.2, 0.25) is 0 Å². The number of esters is 4. The maximum Gasteiger partial charge on any atom is 0.472 e. The summed E-state index contributed by atoms with van der Waals surface area (Å²) in [6.45, 7) is 9.42. The van der Waals surface area contributed by atoms with Crippen molar-refractivity contribution in [3.8, 4) is 0 Å². The summed E-state index contributed by atoms with van der Waals surface area (Å²) in [6, 6.07) is 0. The molecule has 0 heterocycles. The van der Waals surface area contributed by atoms with Crippen LogP contribution in [0, 0.1) is 11.8 Å². The SMILES string of the molecule is CCCCCCCCCCCCCCCCCC(=O)OC[C@H](COP(=O)(O)OC[C@@H](O)COP(=O)(O)OC[C@@H](COC(=O)CCCCCCCCC(C)C)OC(=O)CCCCCCCCC(C)CC)OC(=O)CCCCCCCCCCCCCCCCC. The fourth-order valence-corrected chi connectivity index (χ4v) is 12.1. The van der Waals surface area contributed by atoms with E-state index < -0.39 is 97.5 Å². The predicted molar refractivity (Wildman–Crippen MR) is 358 cm³/mol. The van der Waals surface area contributed by atoms with Gasteiger partial charge in [-0.2, -0.15) is 0 Å². The number of carbonyl (C=O) groups excluding carboxylic acids is 4. The van der Waals surface area contributed by atoms with E-state index in [1.165, 1.54) is 167 Å². The predicted octanol–water partition coefficient (Wildman–Crippen LogP) is 20.0. The van der Waals surface area contributed by atoms with Gasteiger partial charge in [0, 0.05) is 25.7 Å². The van der Waals surface area contributed by atoms with Crippen LogP contribution in [0.3, 0.4) is 0 Å². The van der Waals surface area contributed by atoms with Crippen LogP contribution in [0.25, 0.3) is 0 Å². The van der Waals surface area contributed by atoms with Crippen LogP contribution < -0.4 is 0 Å². The summed E-state index contributed by atoms with van der Waals surface area (Å²) >= 11 is 0. The molecular weight excluding hydrogens is 1170 g/mol. The van der Waals surface area contributed by atoms with E-state index in [2.05, 4.69) is 41.5 Å². The van der Waals surface area contributed by atoms with Gasteiger partial charge in [0.1, 0.15) is 19.3 Å². The molecule has 0 rings (SSSR count). The molecule has 0 saturated carbocycles. The van der Waals surface area contributed by atoms with Gasteiger partial charge in [-0.05, 0) is 37.5 Å². The van der Waals surface area contributed by atoms with Crippen molar-refractivity contribution in [1.82, 2.24) is 0 Å². The Morgan fingerprint density at radius 2 is 0.573 bits per heavy atom. The maximum atomic E-state index is 13.0. The van der Waals surface area contributed by atoms with Crippen LogP contribution in [0.1, 0.15) is 356 Å². The van der Waals surface area contributed by atoms with Gasteiger partial charge in [-0.1, -0.05) is 305 Å². The molecule has 0 aromatic carbocycles. The van der Waals surface area contributed by atoms with E-state index in [1.807, 2.05) is 0 Å². The summed E-state index contributed by atoms with van der Waals surface area (Å²) in [5.74, 6) is -0.728. The second-order valence-electron chi connectivity index (χ2n) is 26.0. The van der Waals surface area contributed by atoms with E-state index in [-0.39, 0.29) is 25.7 Å². The number of rotatable bonds is 69. The lowest BCUT2D eigenvalue weighted by Crippen LogP contribution is -2.30. The highest BCUT2D eigenvalue weighted by molar-refractivity contribution is 7.47. The zero-order valence-corrected chi connectivity index (χ0v) is 59.5. The minimum absolute atomic E-state index is 0.102. The lowest BCUT2D eigenvalue weighted by atomic mass is 10.00. The Hall–Kier alpha value is -1.94. The number of unbranched alkanes of at least 4 members (excludes halogenated alkanes) is 38. The van der Waals surface area contributed by atoms with Gasteiger partial charge < -0.3 is 33.8 Å². The molecule has 3 unspecified atom stereocenters. The van der Waals surface area contributed by atoms with Crippen molar-refractivity contribution in [3.63, 3.8) is 0 Å². The van der Waals surface area contributed by atoms with Crippen molar-refractivity contribution < 1.29 is 80.2 Å². The van der Waals surface area contributed by atoms with Crippen molar-refractivity contribution >= 4 is 39.5 Å². The third kappa shape index (κ3) is 63.2. The Labute approximate surface area is 543 Å². The molecule has 0 amide bonds. The monoisotopic (exact) mass is 1310 g/mol. The van der Waals surface area contributed by atoms with Crippen LogP contribution >= 0.6 is 15.6 Å². The number of hydrogen-bond donors (Lipinski definition) is 3. The van der Waals surface area contributed by atoms with E-state index in [4.69, 9.17) is 37.0 Å². The number of phosphoric ester groups is 2. The van der Waals surface area contributed by atoms with Gasteiger partial charge in [0.05, 0.1) is 26.4 Å². The first-order valence-corrected chi connectivity index (χ1v) is 39.5. The number of aliphatic hydroxyl groups excluding tert-OH is 1. The molecule has 0 fully saturated rings. The van der Waals surface area contributed by atoms with Crippen LogP contribution in [0.15, 0.2) is 0 Å². The summed E-state index contributed by atoms with van der Waals surface area (Å²) in [6.07, 6.45) is 47.4. The average Bonchev–Trinajstić information content (AvgIpc) is 3.68. The molecule has 0 aliphatic rings. The topological polar surface area (TPSA) is 237 Å². The molecule has 0 aliphatic heterocycles. The zero-order chi connectivity index (χ0) is 65.7. The van der Waals surface area contributed by atoms with Crippen molar-refractivity contribution in [1.29, 1.82) is 0 Å². The first kappa shape index (κ1) is 87.1. The van der Waals surface area contributed by atoms with Gasteiger partial charge in [0.15, 0.2) is 12.2 Å². The molecule has 0 aromatic heterocycles. The number of phosphoric acid groups is 2. The highest BCUT2D eigenvalue weighted by Crippen LogP contribution is 2.45. The number of carbonyl (C=O) groups is 4. The van der Waals surface area contributed by atoms with E-state index in [1.54, 1.807) is 0 Å². The second-order valence-corrected chi connectivity index (χ2v) is 28.9. The molecule has 0 saturated heterocycles. The van der Waals surface area contributed by atoms with Crippen molar-refractivity contribution in [3.05, 3.63) is 0 Å². The van der Waals surface area contributed by atoms with Gasteiger partial charge in [-0.3, -0.25) is 37.3 Å². The molecule has 89 heavy (non-hydrogen) atoms. The molecule has 0 bridgehead atoms. The van der Waals surface area contributed by atoms with E-state index in [9.17, 15) is 43.2 Å². The Morgan fingerprint density at radius 3 is 0.854 bits per heavy atom. The summed E-state index contributed by atoms with van der Waals surface area (Å²) in [5.41, 5.74) is 0. The van der Waals surface area contributed by atoms with Gasteiger partial charge in [0.25, 0.3) is 0 Å². The lowest BCUT2D eigenvalue weighted by Gasteiger charge is -2.21. The van der Waals surface area contributed by atoms with Crippen molar-refractivity contribution in [2.75, 3.05) is 39.6 Å². The summed E-state index contributed by atoms with van der Waals surface area (Å²) in [7, 11) is -9.90. The quantitative estimate of drug-likeness (QED) is 0.0222. The van der Waals surface area contributed by atoms with Crippen LogP contribution in [-0.2, 0) is 65.4 Å². The molecule has 19 heteroatoms. The Kier molecular flexibility index (Phi) is 60.8. The minimum atomic E-state index is -4.95. The van der Waals surface area contributed by atoms with Crippen LogP contribution in [-0.4, -0.2) is 96.7 Å². The Bertz CT molecular complexity index is 1740. The van der Waals surface area contributed by atoms with Crippen molar-refractivity contribution in [2.45, 2.75) is 374 Å². The molecular formula is C70H136O17P2. The second kappa shape index (κ2) is 62.2. The molecule has 0 spiro atoms. The normalized spacial score (nSPS) is 14.4. The smallest absolute Gasteiger partial charge is 0.462 e. The summed E-state index contributed by atoms with van der Waals surface area (Å²) in [4.78, 5) is 72.5. The largest absolute Gasteiger partial charge is 0.472 e.